The minimum atomic E-state index is -4.15. The quantitative estimate of drug-likeness (QED) is 0.238. The van der Waals surface area contributed by atoms with E-state index in [-0.39, 0.29) is 74.7 Å². The Morgan fingerprint density at radius 2 is 1.76 bits per heavy atom. The molecule has 0 aliphatic carbocycles. The maximum absolute atomic E-state index is 13.9. The SMILES string of the molecule is COc1ncnc(OC)c1-n1c(CCOCCO)nnc1NS(=O)(=O)[C@H]1C[C@@H](OC(C)C)CN(c2ncc(F)cn2)C1. The van der Waals surface area contributed by atoms with Gasteiger partial charge in [-0.3, -0.25) is 9.29 Å². The van der Waals surface area contributed by atoms with Crippen molar-refractivity contribution in [1.82, 2.24) is 34.7 Å². The van der Waals surface area contributed by atoms with Crippen molar-refractivity contribution in [3.63, 3.8) is 0 Å². The lowest BCUT2D eigenvalue weighted by molar-refractivity contribution is 0.00147. The molecule has 4 rings (SSSR count). The van der Waals surface area contributed by atoms with Gasteiger partial charge in [-0.1, -0.05) is 0 Å². The summed E-state index contributed by atoms with van der Waals surface area (Å²) in [5.74, 6) is -0.121. The third-order valence-electron chi connectivity index (χ3n) is 6.20. The minimum Gasteiger partial charge on any atom is -0.479 e. The molecule has 0 aromatic carbocycles. The van der Waals surface area contributed by atoms with Crippen molar-refractivity contribution in [3.8, 4) is 17.4 Å². The van der Waals surface area contributed by atoms with Crippen LogP contribution in [0.2, 0.25) is 0 Å². The molecule has 3 aromatic heterocycles. The van der Waals surface area contributed by atoms with E-state index in [9.17, 15) is 12.8 Å². The van der Waals surface area contributed by atoms with Gasteiger partial charge in [0.1, 0.15) is 17.4 Å². The molecule has 230 valence electrons. The van der Waals surface area contributed by atoms with Crippen molar-refractivity contribution in [2.45, 2.75) is 44.1 Å². The molecule has 0 saturated carbocycles. The maximum Gasteiger partial charge on any atom is 0.245 e. The number of rotatable bonds is 14. The molecular formula is C24H34FN9O7S. The molecule has 1 fully saturated rings. The van der Waals surface area contributed by atoms with E-state index in [1.54, 1.807) is 4.90 Å². The van der Waals surface area contributed by atoms with Gasteiger partial charge in [-0.2, -0.15) is 9.97 Å². The number of sulfonamides is 1. The number of nitrogens with zero attached hydrogens (tertiary/aromatic N) is 8. The van der Waals surface area contributed by atoms with Crippen LogP contribution in [0.15, 0.2) is 18.7 Å². The van der Waals surface area contributed by atoms with Gasteiger partial charge in [0.25, 0.3) is 0 Å². The van der Waals surface area contributed by atoms with E-state index in [4.69, 9.17) is 24.1 Å². The topological polar surface area (TPSA) is 189 Å². The van der Waals surface area contributed by atoms with Gasteiger partial charge in [0.15, 0.2) is 11.5 Å². The molecule has 0 bridgehead atoms. The molecule has 0 unspecified atom stereocenters. The molecule has 1 aliphatic heterocycles. The summed E-state index contributed by atoms with van der Waals surface area (Å²) >= 11 is 0. The third kappa shape index (κ3) is 7.36. The van der Waals surface area contributed by atoms with E-state index in [1.807, 2.05) is 13.8 Å². The van der Waals surface area contributed by atoms with E-state index in [2.05, 4.69) is 34.9 Å². The Morgan fingerprint density at radius 3 is 2.38 bits per heavy atom. The normalized spacial score (nSPS) is 17.5. The predicted octanol–water partition coefficient (Wildman–Crippen LogP) is 0.369. The Kier molecular flexibility index (Phi) is 10.4. The first-order valence-corrected chi connectivity index (χ1v) is 14.7. The van der Waals surface area contributed by atoms with Crippen LogP contribution in [0.25, 0.3) is 5.69 Å². The number of anilines is 2. The first-order valence-electron chi connectivity index (χ1n) is 13.1. The number of halogens is 1. The fourth-order valence-electron chi connectivity index (χ4n) is 4.51. The smallest absolute Gasteiger partial charge is 0.245 e. The Balaban J connectivity index is 1.70. The first kappa shape index (κ1) is 31.2. The van der Waals surface area contributed by atoms with Gasteiger partial charge in [-0.15, -0.1) is 10.2 Å². The molecule has 4 heterocycles. The van der Waals surface area contributed by atoms with Crippen LogP contribution < -0.4 is 19.1 Å². The van der Waals surface area contributed by atoms with Crippen LogP contribution in [0, 0.1) is 5.82 Å². The third-order valence-corrected chi connectivity index (χ3v) is 7.89. The molecule has 1 aliphatic rings. The summed E-state index contributed by atoms with van der Waals surface area (Å²) in [6.45, 7) is 4.15. The predicted molar refractivity (Wildman–Crippen MR) is 147 cm³/mol. The summed E-state index contributed by atoms with van der Waals surface area (Å²) in [5, 5.41) is 16.3. The second kappa shape index (κ2) is 14.0. The Hall–Kier alpha value is -3.74. The summed E-state index contributed by atoms with van der Waals surface area (Å²) in [7, 11) is -1.36. The zero-order chi connectivity index (χ0) is 30.3. The number of aliphatic hydroxyl groups is 1. The standard InChI is InChI=1S/C24H34FN9O7S/c1-15(2)41-17-9-18(13-33(12-17)23-26-10-16(25)11-27-23)42(36,37)32-24-31-30-19(5-7-40-8-6-35)34(24)20-21(38-3)28-14-29-22(20)39-4/h10-11,14-15,17-18,35H,5-9,12-13H2,1-4H3,(H,31,32)/t17-,18+/m1/s1. The van der Waals surface area contributed by atoms with Gasteiger partial charge >= 0.3 is 0 Å². The van der Waals surface area contributed by atoms with Crippen molar-refractivity contribution in [1.29, 1.82) is 0 Å². The lowest BCUT2D eigenvalue weighted by atomic mass is 10.1. The molecule has 2 N–H and O–H groups in total. The lowest BCUT2D eigenvalue weighted by Crippen LogP contribution is -2.51. The Labute approximate surface area is 242 Å². The van der Waals surface area contributed by atoms with Crippen molar-refractivity contribution in [2.75, 3.05) is 56.8 Å². The molecule has 0 amide bonds. The number of piperidine rings is 1. The van der Waals surface area contributed by atoms with Crippen molar-refractivity contribution in [2.24, 2.45) is 0 Å². The highest BCUT2D eigenvalue weighted by atomic mass is 32.2. The number of ether oxygens (including phenoxy) is 4. The average Bonchev–Trinajstić information content (AvgIpc) is 3.35. The van der Waals surface area contributed by atoms with Gasteiger partial charge in [0, 0.05) is 19.5 Å². The molecule has 3 aromatic rings. The largest absolute Gasteiger partial charge is 0.479 e. The van der Waals surface area contributed by atoms with Crippen molar-refractivity contribution < 1.29 is 36.9 Å². The van der Waals surface area contributed by atoms with Crippen LogP contribution >= 0.6 is 0 Å². The van der Waals surface area contributed by atoms with Gasteiger partial charge in [-0.05, 0) is 20.3 Å². The van der Waals surface area contributed by atoms with Crippen LogP contribution in [0.4, 0.5) is 16.3 Å². The van der Waals surface area contributed by atoms with E-state index in [1.165, 1.54) is 25.1 Å². The number of aromatic nitrogens is 7. The van der Waals surface area contributed by atoms with Crippen LogP contribution in [0.5, 0.6) is 11.8 Å². The zero-order valence-electron chi connectivity index (χ0n) is 23.7. The summed E-state index contributed by atoms with van der Waals surface area (Å²) < 4.78 is 67.4. The van der Waals surface area contributed by atoms with Gasteiger partial charge < -0.3 is 29.0 Å². The highest BCUT2D eigenvalue weighted by Crippen LogP contribution is 2.33. The van der Waals surface area contributed by atoms with Crippen LogP contribution in [-0.2, 0) is 25.9 Å². The number of aliphatic hydroxyl groups excluding tert-OH is 1. The van der Waals surface area contributed by atoms with Gasteiger partial charge in [-0.25, -0.2) is 22.8 Å². The number of hydrogen-bond donors (Lipinski definition) is 2. The molecule has 0 radical (unpaired) electrons. The van der Waals surface area contributed by atoms with Gasteiger partial charge in [0.2, 0.25) is 33.7 Å². The summed E-state index contributed by atoms with van der Waals surface area (Å²) in [5.41, 5.74) is 0.174. The second-order valence-electron chi connectivity index (χ2n) is 9.52. The second-order valence-corrected chi connectivity index (χ2v) is 11.5. The highest BCUT2D eigenvalue weighted by molar-refractivity contribution is 7.93. The lowest BCUT2D eigenvalue weighted by Gasteiger charge is -2.37. The van der Waals surface area contributed by atoms with Crippen LogP contribution in [0.3, 0.4) is 0 Å². The Morgan fingerprint density at radius 1 is 1.07 bits per heavy atom. The summed E-state index contributed by atoms with van der Waals surface area (Å²) in [6.07, 6.45) is 3.00. The van der Waals surface area contributed by atoms with Crippen molar-refractivity contribution >= 4 is 21.9 Å². The molecule has 1 saturated heterocycles. The fraction of sp³-hybridized carbons (Fsp3) is 0.583. The highest BCUT2D eigenvalue weighted by Gasteiger charge is 2.38. The van der Waals surface area contributed by atoms with Crippen LogP contribution in [-0.4, -0.2) is 113 Å². The number of hydrogen-bond acceptors (Lipinski definition) is 14. The molecular weight excluding hydrogens is 577 g/mol. The Bertz CT molecular complexity index is 1400. The first-order chi connectivity index (χ1) is 20.2. The molecule has 16 nitrogen and oxygen atoms in total. The van der Waals surface area contributed by atoms with E-state index in [0.717, 1.165) is 12.4 Å². The van der Waals surface area contributed by atoms with Gasteiger partial charge in [0.05, 0.1) is 58.6 Å². The van der Waals surface area contributed by atoms with E-state index < -0.39 is 27.2 Å². The van der Waals surface area contributed by atoms with Crippen LogP contribution in [0.1, 0.15) is 26.1 Å². The average molecular weight is 612 g/mol. The monoisotopic (exact) mass is 611 g/mol. The van der Waals surface area contributed by atoms with Crippen molar-refractivity contribution in [3.05, 3.63) is 30.4 Å². The summed E-state index contributed by atoms with van der Waals surface area (Å²) in [6, 6.07) is 0. The number of nitrogens with one attached hydrogen (secondary N) is 1. The molecule has 42 heavy (non-hydrogen) atoms. The molecule has 0 spiro atoms. The minimum absolute atomic E-state index is 0.00993. The zero-order valence-corrected chi connectivity index (χ0v) is 24.5. The fourth-order valence-corrected chi connectivity index (χ4v) is 5.90. The maximum atomic E-state index is 13.9. The van der Waals surface area contributed by atoms with E-state index >= 15 is 0 Å². The summed E-state index contributed by atoms with van der Waals surface area (Å²) in [4.78, 5) is 18.0. The molecule has 2 atom stereocenters. The molecule has 18 heteroatoms. The number of methoxy groups -OCH3 is 2. The van der Waals surface area contributed by atoms with E-state index in [0.29, 0.717) is 12.4 Å².